The minimum absolute atomic E-state index is 0.0423. The van der Waals surface area contributed by atoms with Crippen molar-refractivity contribution in [3.63, 3.8) is 0 Å². The lowest BCUT2D eigenvalue weighted by Crippen LogP contribution is -2.48. The fourth-order valence-electron chi connectivity index (χ4n) is 2.39. The molecule has 0 bridgehead atoms. The Kier molecular flexibility index (Phi) is 4.25. The average molecular weight is 312 g/mol. The Balaban J connectivity index is 2.54. The van der Waals surface area contributed by atoms with Gasteiger partial charge in [0.1, 0.15) is 28.4 Å². The van der Waals surface area contributed by atoms with Gasteiger partial charge in [0, 0.05) is 6.54 Å². The summed E-state index contributed by atoms with van der Waals surface area (Å²) < 4.78 is 39.6. The number of halogens is 1. The van der Waals surface area contributed by atoms with Crippen LogP contribution in [-0.4, -0.2) is 36.4 Å². The minimum atomic E-state index is -4.23. The van der Waals surface area contributed by atoms with Gasteiger partial charge in [-0.2, -0.15) is 9.57 Å². The molecule has 8 heteroatoms. The molecule has 1 aliphatic rings. The van der Waals surface area contributed by atoms with Crippen LogP contribution in [0.1, 0.15) is 24.8 Å². The van der Waals surface area contributed by atoms with Gasteiger partial charge in [0.05, 0.1) is 0 Å². The largest absolute Gasteiger partial charge is 0.480 e. The van der Waals surface area contributed by atoms with E-state index in [9.17, 15) is 17.6 Å². The molecule has 1 aliphatic heterocycles. The standard InChI is InChI=1S/C13H13FN2O4S/c14-10-4-3-6-12(9(10)8-15)21(19,20)16-7-2-1-5-11(16)13(17)18/h3-4,6,11H,1-2,5,7H2,(H,17,18)/t11-/m0/s1. The second-order valence-corrected chi connectivity index (χ2v) is 6.55. The summed E-state index contributed by atoms with van der Waals surface area (Å²) in [7, 11) is -4.23. The predicted molar refractivity (Wildman–Crippen MR) is 70.3 cm³/mol. The first-order chi connectivity index (χ1) is 9.89. The minimum Gasteiger partial charge on any atom is -0.480 e. The summed E-state index contributed by atoms with van der Waals surface area (Å²) in [4.78, 5) is 10.7. The lowest BCUT2D eigenvalue weighted by Gasteiger charge is -2.32. The molecule has 2 rings (SSSR count). The van der Waals surface area contributed by atoms with E-state index in [-0.39, 0.29) is 13.0 Å². The molecular weight excluding hydrogens is 299 g/mol. The van der Waals surface area contributed by atoms with Crippen molar-refractivity contribution in [2.24, 2.45) is 0 Å². The Labute approximate surface area is 121 Å². The summed E-state index contributed by atoms with van der Waals surface area (Å²) in [5.74, 6) is -2.18. The third-order valence-electron chi connectivity index (χ3n) is 3.41. The molecule has 1 fully saturated rings. The van der Waals surface area contributed by atoms with E-state index < -0.39 is 38.3 Å². The van der Waals surface area contributed by atoms with Crippen molar-refractivity contribution < 1.29 is 22.7 Å². The fraction of sp³-hybridized carbons (Fsp3) is 0.385. The van der Waals surface area contributed by atoms with Gasteiger partial charge in [-0.05, 0) is 31.4 Å². The fourth-order valence-corrected chi connectivity index (χ4v) is 4.20. The Morgan fingerprint density at radius 2 is 2.14 bits per heavy atom. The second kappa shape index (κ2) is 5.79. The number of carbonyl (C=O) groups is 1. The van der Waals surface area contributed by atoms with E-state index in [1.165, 1.54) is 12.1 Å². The molecule has 0 unspecified atom stereocenters. The van der Waals surface area contributed by atoms with E-state index in [0.717, 1.165) is 16.4 Å². The number of hydrogen-bond donors (Lipinski definition) is 1. The molecule has 0 saturated carbocycles. The summed E-state index contributed by atoms with van der Waals surface area (Å²) in [6, 6.07) is 3.63. The lowest BCUT2D eigenvalue weighted by atomic mass is 10.1. The van der Waals surface area contributed by atoms with Crippen LogP contribution in [0.3, 0.4) is 0 Å². The normalized spacial score (nSPS) is 19.9. The molecule has 0 radical (unpaired) electrons. The Morgan fingerprint density at radius 3 is 2.76 bits per heavy atom. The number of carboxylic acid groups (broad SMARTS) is 1. The molecule has 1 N–H and O–H groups in total. The van der Waals surface area contributed by atoms with Gasteiger partial charge in [-0.25, -0.2) is 12.8 Å². The van der Waals surface area contributed by atoms with Crippen molar-refractivity contribution in [1.82, 2.24) is 4.31 Å². The molecule has 1 atom stereocenters. The van der Waals surface area contributed by atoms with Crippen LogP contribution in [0.4, 0.5) is 4.39 Å². The first-order valence-electron chi connectivity index (χ1n) is 6.33. The van der Waals surface area contributed by atoms with Gasteiger partial charge in [-0.15, -0.1) is 0 Å². The maximum atomic E-state index is 13.6. The summed E-state index contributed by atoms with van der Waals surface area (Å²) in [5.41, 5.74) is -0.591. The lowest BCUT2D eigenvalue weighted by molar-refractivity contribution is -0.142. The van der Waals surface area contributed by atoms with E-state index in [0.29, 0.717) is 12.8 Å². The molecule has 112 valence electrons. The zero-order valence-electron chi connectivity index (χ0n) is 11.0. The molecule has 1 saturated heterocycles. The van der Waals surface area contributed by atoms with Gasteiger partial charge in [0.2, 0.25) is 10.0 Å². The third-order valence-corrected chi connectivity index (χ3v) is 5.36. The highest BCUT2D eigenvalue weighted by Gasteiger charge is 2.39. The van der Waals surface area contributed by atoms with Crippen molar-refractivity contribution in [3.05, 3.63) is 29.6 Å². The van der Waals surface area contributed by atoms with Crippen molar-refractivity contribution in [2.75, 3.05) is 6.54 Å². The number of benzene rings is 1. The highest BCUT2D eigenvalue weighted by atomic mass is 32.2. The number of nitrogens with zero attached hydrogens (tertiary/aromatic N) is 2. The van der Waals surface area contributed by atoms with Gasteiger partial charge < -0.3 is 5.11 Å². The van der Waals surface area contributed by atoms with Crippen LogP contribution < -0.4 is 0 Å². The van der Waals surface area contributed by atoms with Gasteiger partial charge >= 0.3 is 5.97 Å². The van der Waals surface area contributed by atoms with Crippen LogP contribution in [0, 0.1) is 17.1 Å². The Bertz CT molecular complexity index is 711. The monoisotopic (exact) mass is 312 g/mol. The third kappa shape index (κ3) is 2.75. The quantitative estimate of drug-likeness (QED) is 0.907. The summed E-state index contributed by atoms with van der Waals surface area (Å²) in [6.07, 6.45) is 1.34. The summed E-state index contributed by atoms with van der Waals surface area (Å²) >= 11 is 0. The van der Waals surface area contributed by atoms with Crippen LogP contribution in [-0.2, 0) is 14.8 Å². The molecule has 1 aromatic rings. The maximum Gasteiger partial charge on any atom is 0.322 e. The first kappa shape index (κ1) is 15.4. The predicted octanol–water partition coefficient (Wildman–Crippen LogP) is 1.33. The molecule has 0 aliphatic carbocycles. The number of piperidine rings is 1. The highest BCUT2D eigenvalue weighted by molar-refractivity contribution is 7.89. The van der Waals surface area contributed by atoms with Crippen LogP contribution >= 0.6 is 0 Å². The van der Waals surface area contributed by atoms with Crippen LogP contribution in [0.2, 0.25) is 0 Å². The zero-order valence-corrected chi connectivity index (χ0v) is 11.8. The zero-order chi connectivity index (χ0) is 15.6. The van der Waals surface area contributed by atoms with Crippen molar-refractivity contribution in [2.45, 2.75) is 30.2 Å². The molecule has 0 aromatic heterocycles. The number of hydrogen-bond acceptors (Lipinski definition) is 4. The Morgan fingerprint density at radius 1 is 1.43 bits per heavy atom. The highest BCUT2D eigenvalue weighted by Crippen LogP contribution is 2.28. The van der Waals surface area contributed by atoms with Crippen molar-refractivity contribution in [1.29, 1.82) is 5.26 Å². The summed E-state index contributed by atoms with van der Waals surface area (Å²) in [6.45, 7) is 0.0423. The molecule has 0 amide bonds. The molecular formula is C13H13FN2O4S. The molecule has 0 spiro atoms. The average Bonchev–Trinajstić information content (AvgIpc) is 2.46. The number of carboxylic acids is 1. The topological polar surface area (TPSA) is 98.5 Å². The SMILES string of the molecule is N#Cc1c(F)cccc1S(=O)(=O)N1CCCC[C@H]1C(=O)O. The van der Waals surface area contributed by atoms with Gasteiger partial charge in [0.15, 0.2) is 0 Å². The van der Waals surface area contributed by atoms with Crippen molar-refractivity contribution >= 4 is 16.0 Å². The molecule has 21 heavy (non-hydrogen) atoms. The van der Waals surface area contributed by atoms with Crippen LogP contribution in [0.15, 0.2) is 23.1 Å². The number of nitriles is 1. The molecule has 1 heterocycles. The van der Waals surface area contributed by atoms with E-state index in [1.54, 1.807) is 0 Å². The van der Waals surface area contributed by atoms with Gasteiger partial charge in [-0.1, -0.05) is 6.07 Å². The van der Waals surface area contributed by atoms with E-state index in [1.807, 2.05) is 0 Å². The smallest absolute Gasteiger partial charge is 0.322 e. The van der Waals surface area contributed by atoms with E-state index in [4.69, 9.17) is 10.4 Å². The first-order valence-corrected chi connectivity index (χ1v) is 7.77. The summed E-state index contributed by atoms with van der Waals surface area (Å²) in [5, 5.41) is 18.1. The number of rotatable bonds is 3. The van der Waals surface area contributed by atoms with Crippen LogP contribution in [0.25, 0.3) is 0 Å². The molecule has 1 aromatic carbocycles. The number of aliphatic carboxylic acids is 1. The van der Waals surface area contributed by atoms with Crippen LogP contribution in [0.5, 0.6) is 0 Å². The van der Waals surface area contributed by atoms with E-state index in [2.05, 4.69) is 0 Å². The van der Waals surface area contributed by atoms with Gasteiger partial charge in [-0.3, -0.25) is 4.79 Å². The second-order valence-electron chi connectivity index (χ2n) is 4.69. The maximum absolute atomic E-state index is 13.6. The van der Waals surface area contributed by atoms with E-state index >= 15 is 0 Å². The van der Waals surface area contributed by atoms with Crippen molar-refractivity contribution in [3.8, 4) is 6.07 Å². The molecule has 6 nitrogen and oxygen atoms in total. The Hall–Kier alpha value is -1.98. The van der Waals surface area contributed by atoms with Gasteiger partial charge in [0.25, 0.3) is 0 Å². The number of sulfonamides is 1.